The minimum atomic E-state index is -0.0995. The van der Waals surface area contributed by atoms with Gasteiger partial charge in [0.15, 0.2) is 0 Å². The lowest BCUT2D eigenvalue weighted by atomic mass is 10.1. The quantitative estimate of drug-likeness (QED) is 0.706. The minimum Gasteiger partial charge on any atom is -0.466 e. The fraction of sp³-hybridized carbons (Fsp3) is 0.583. The Bertz CT molecular complexity index is 398. The van der Waals surface area contributed by atoms with E-state index in [1.165, 1.54) is 11.1 Å². The number of nitrogens with zero attached hydrogens (tertiary/aromatic N) is 2. The third-order valence-corrected chi connectivity index (χ3v) is 3.11. The summed E-state index contributed by atoms with van der Waals surface area (Å²) < 4.78 is 5.06. The molecule has 4 nitrogen and oxygen atoms in total. The molecule has 0 radical (unpaired) electrons. The zero-order valence-corrected chi connectivity index (χ0v) is 9.91. The van der Waals surface area contributed by atoms with Crippen molar-refractivity contribution in [1.82, 2.24) is 10.2 Å². The predicted molar refractivity (Wildman–Crippen MR) is 59.0 cm³/mol. The second kappa shape index (κ2) is 4.20. The molecule has 1 aromatic heterocycles. The van der Waals surface area contributed by atoms with Crippen molar-refractivity contribution < 1.29 is 9.53 Å². The molecule has 0 fully saturated rings. The first-order chi connectivity index (χ1) is 7.63. The van der Waals surface area contributed by atoms with E-state index in [0.29, 0.717) is 6.61 Å². The van der Waals surface area contributed by atoms with Crippen LogP contribution in [0.2, 0.25) is 0 Å². The molecule has 0 bridgehead atoms. The molecule has 1 aromatic rings. The van der Waals surface area contributed by atoms with Crippen molar-refractivity contribution in [3.05, 3.63) is 22.5 Å². The highest BCUT2D eigenvalue weighted by molar-refractivity contribution is 5.74. The van der Waals surface area contributed by atoms with Crippen LogP contribution in [0.15, 0.2) is 0 Å². The summed E-state index contributed by atoms with van der Waals surface area (Å²) in [6.07, 6.45) is 1.49. The molecule has 0 atom stereocenters. The average Bonchev–Trinajstić information content (AvgIpc) is 2.70. The maximum Gasteiger partial charge on any atom is 0.309 e. The minimum absolute atomic E-state index is 0.0432. The molecule has 0 aliphatic heterocycles. The lowest BCUT2D eigenvalue weighted by molar-refractivity contribution is -0.147. The van der Waals surface area contributed by atoms with Gasteiger partial charge in [-0.25, -0.2) is 0 Å². The summed E-state index contributed by atoms with van der Waals surface area (Å²) in [5.74, 6) is -0.143. The highest BCUT2D eigenvalue weighted by atomic mass is 16.5. The maximum atomic E-state index is 11.7. The van der Waals surface area contributed by atoms with Crippen molar-refractivity contribution in [3.8, 4) is 0 Å². The van der Waals surface area contributed by atoms with E-state index in [1.54, 1.807) is 0 Å². The molecule has 0 saturated carbocycles. The third kappa shape index (κ3) is 1.79. The Morgan fingerprint density at radius 2 is 1.75 bits per heavy atom. The highest BCUT2D eigenvalue weighted by Crippen LogP contribution is 2.30. The zero-order valence-electron chi connectivity index (χ0n) is 9.91. The lowest BCUT2D eigenvalue weighted by Crippen LogP contribution is -2.17. The molecule has 0 spiro atoms. The van der Waals surface area contributed by atoms with E-state index >= 15 is 0 Å². The molecule has 86 valence electrons. The highest BCUT2D eigenvalue weighted by Gasteiger charge is 2.31. The van der Waals surface area contributed by atoms with Gasteiger partial charge in [-0.05, 0) is 44.7 Å². The molecular formula is C12H16N2O2. The molecule has 1 aliphatic carbocycles. The van der Waals surface area contributed by atoms with Gasteiger partial charge >= 0.3 is 5.97 Å². The zero-order chi connectivity index (χ0) is 11.7. The van der Waals surface area contributed by atoms with Gasteiger partial charge in [-0.15, -0.1) is 0 Å². The molecule has 0 unspecified atom stereocenters. The molecule has 4 heteroatoms. The molecule has 2 rings (SSSR count). The van der Waals surface area contributed by atoms with Crippen molar-refractivity contribution >= 4 is 5.97 Å². The molecule has 0 aromatic carbocycles. The molecule has 0 N–H and O–H groups in total. The fourth-order valence-electron chi connectivity index (χ4n) is 2.24. The first kappa shape index (κ1) is 11.0. The first-order valence-corrected chi connectivity index (χ1v) is 5.61. The average molecular weight is 220 g/mol. The lowest BCUT2D eigenvalue weighted by Gasteiger charge is -2.07. The van der Waals surface area contributed by atoms with Gasteiger partial charge < -0.3 is 4.74 Å². The topological polar surface area (TPSA) is 52.1 Å². The van der Waals surface area contributed by atoms with E-state index in [1.807, 2.05) is 20.8 Å². The molecular weight excluding hydrogens is 204 g/mol. The number of rotatable bonds is 2. The summed E-state index contributed by atoms with van der Waals surface area (Å²) >= 11 is 0. The Hall–Kier alpha value is -1.45. The predicted octanol–water partition coefficient (Wildman–Crippen LogP) is 1.37. The standard InChI is InChI=1S/C12H16N2O2/c1-4-16-12(15)9-5-10-7(2)13-14-8(3)11(10)6-9/h9H,4-6H2,1-3H3. The molecule has 16 heavy (non-hydrogen) atoms. The number of esters is 1. The van der Waals surface area contributed by atoms with Crippen molar-refractivity contribution in [2.24, 2.45) is 5.92 Å². The van der Waals surface area contributed by atoms with E-state index in [4.69, 9.17) is 4.74 Å². The van der Waals surface area contributed by atoms with Crippen LogP contribution in [0.5, 0.6) is 0 Å². The van der Waals surface area contributed by atoms with Crippen LogP contribution >= 0.6 is 0 Å². The van der Waals surface area contributed by atoms with Gasteiger partial charge in [0.05, 0.1) is 23.9 Å². The second-order valence-corrected chi connectivity index (χ2v) is 4.19. The second-order valence-electron chi connectivity index (χ2n) is 4.19. The van der Waals surface area contributed by atoms with E-state index in [-0.39, 0.29) is 11.9 Å². The Balaban J connectivity index is 2.24. The Kier molecular flexibility index (Phi) is 2.90. The van der Waals surface area contributed by atoms with Crippen molar-refractivity contribution in [2.45, 2.75) is 33.6 Å². The Morgan fingerprint density at radius 1 is 1.25 bits per heavy atom. The summed E-state index contributed by atoms with van der Waals surface area (Å²) in [6.45, 7) is 6.16. The normalized spacial score (nSPS) is 14.9. The molecule has 1 heterocycles. The van der Waals surface area contributed by atoms with Crippen molar-refractivity contribution in [3.63, 3.8) is 0 Å². The number of aromatic nitrogens is 2. The third-order valence-electron chi connectivity index (χ3n) is 3.11. The summed E-state index contributed by atoms with van der Waals surface area (Å²) in [6, 6.07) is 0. The van der Waals surface area contributed by atoms with Crippen LogP contribution in [0.4, 0.5) is 0 Å². The Morgan fingerprint density at radius 3 is 2.19 bits per heavy atom. The van der Waals surface area contributed by atoms with Gasteiger partial charge in [-0.3, -0.25) is 4.79 Å². The summed E-state index contributed by atoms with van der Waals surface area (Å²) in [5.41, 5.74) is 4.25. The van der Waals surface area contributed by atoms with Crippen LogP contribution in [-0.2, 0) is 22.4 Å². The van der Waals surface area contributed by atoms with Crippen LogP contribution < -0.4 is 0 Å². The number of hydrogen-bond acceptors (Lipinski definition) is 4. The molecule has 0 saturated heterocycles. The van der Waals surface area contributed by atoms with Gasteiger partial charge in [0.2, 0.25) is 0 Å². The first-order valence-electron chi connectivity index (χ1n) is 5.61. The van der Waals surface area contributed by atoms with Crippen LogP contribution in [0.3, 0.4) is 0 Å². The van der Waals surface area contributed by atoms with Crippen LogP contribution in [0.1, 0.15) is 29.4 Å². The van der Waals surface area contributed by atoms with E-state index in [9.17, 15) is 4.79 Å². The van der Waals surface area contributed by atoms with Crippen LogP contribution in [-0.4, -0.2) is 22.8 Å². The van der Waals surface area contributed by atoms with Crippen molar-refractivity contribution in [1.29, 1.82) is 0 Å². The fourth-order valence-corrected chi connectivity index (χ4v) is 2.24. The smallest absolute Gasteiger partial charge is 0.309 e. The number of carbonyl (C=O) groups excluding carboxylic acids is 1. The Labute approximate surface area is 95.0 Å². The van der Waals surface area contributed by atoms with Gasteiger partial charge in [-0.2, -0.15) is 10.2 Å². The van der Waals surface area contributed by atoms with E-state index in [2.05, 4.69) is 10.2 Å². The monoisotopic (exact) mass is 220 g/mol. The number of fused-ring (bicyclic) bond motifs is 1. The number of carbonyl (C=O) groups is 1. The summed E-state index contributed by atoms with van der Waals surface area (Å²) in [5, 5.41) is 8.18. The number of aryl methyl sites for hydroxylation is 2. The summed E-state index contributed by atoms with van der Waals surface area (Å²) in [7, 11) is 0. The SMILES string of the molecule is CCOC(=O)C1Cc2c(C)nnc(C)c2C1. The number of ether oxygens (including phenoxy) is 1. The van der Waals surface area contributed by atoms with Crippen LogP contribution in [0, 0.1) is 19.8 Å². The summed E-state index contributed by atoms with van der Waals surface area (Å²) in [4.78, 5) is 11.7. The van der Waals surface area contributed by atoms with E-state index in [0.717, 1.165) is 24.2 Å². The van der Waals surface area contributed by atoms with Gasteiger partial charge in [0.1, 0.15) is 0 Å². The largest absolute Gasteiger partial charge is 0.466 e. The van der Waals surface area contributed by atoms with Gasteiger partial charge in [0, 0.05) is 0 Å². The maximum absolute atomic E-state index is 11.7. The molecule has 1 aliphatic rings. The van der Waals surface area contributed by atoms with Crippen molar-refractivity contribution in [2.75, 3.05) is 6.61 Å². The van der Waals surface area contributed by atoms with Gasteiger partial charge in [0.25, 0.3) is 0 Å². The van der Waals surface area contributed by atoms with E-state index < -0.39 is 0 Å². The number of hydrogen-bond donors (Lipinski definition) is 0. The van der Waals surface area contributed by atoms with Crippen LogP contribution in [0.25, 0.3) is 0 Å². The molecule has 0 amide bonds. The van der Waals surface area contributed by atoms with Gasteiger partial charge in [-0.1, -0.05) is 0 Å².